The largest absolute Gasteiger partial charge is 0.508 e. The Morgan fingerprint density at radius 3 is 2.52 bits per heavy atom. The summed E-state index contributed by atoms with van der Waals surface area (Å²) in [6, 6.07) is 16.7. The van der Waals surface area contributed by atoms with E-state index >= 15 is 0 Å². The lowest BCUT2D eigenvalue weighted by Gasteiger charge is -2.36. The molecular weight excluding hydrogens is 390 g/mol. The molecule has 2 aromatic rings. The minimum atomic E-state index is -0.543. The van der Waals surface area contributed by atoms with Crippen molar-refractivity contribution in [3.63, 3.8) is 0 Å². The van der Waals surface area contributed by atoms with Gasteiger partial charge in [-0.05, 0) is 42.5 Å². The molecule has 0 spiro atoms. The maximum absolute atomic E-state index is 13.4. The molecule has 0 saturated carbocycles. The van der Waals surface area contributed by atoms with Crippen LogP contribution in [0.4, 0.5) is 0 Å². The van der Waals surface area contributed by atoms with E-state index in [0.717, 1.165) is 16.8 Å². The molecule has 2 unspecified atom stereocenters. The van der Waals surface area contributed by atoms with Gasteiger partial charge in [0.25, 0.3) is 0 Å². The number of phenols is 1. The number of carbonyl (C=O) groups excluding carboxylic acids is 2. The molecule has 0 saturated heterocycles. The van der Waals surface area contributed by atoms with E-state index in [0.29, 0.717) is 29.7 Å². The van der Waals surface area contributed by atoms with Crippen molar-refractivity contribution in [3.05, 3.63) is 101 Å². The van der Waals surface area contributed by atoms with Crippen molar-refractivity contribution < 1.29 is 19.4 Å². The van der Waals surface area contributed by atoms with Crippen LogP contribution in [0.15, 0.2) is 89.8 Å². The first-order valence-electron chi connectivity index (χ1n) is 10.4. The standard InChI is InChI=1S/C26H25NO4/c1-3-13-31-26(30)23-16(2)27-21-14-19(17-7-5-4-6-8-17)15-22(29)25(21)24(23)18-9-11-20(28)12-10-18/h3-12,19,24,27-28H,1,13-15H2,2H3. The minimum Gasteiger partial charge on any atom is -0.508 e. The molecule has 0 bridgehead atoms. The van der Waals surface area contributed by atoms with Gasteiger partial charge in [-0.1, -0.05) is 55.1 Å². The van der Waals surface area contributed by atoms with Crippen molar-refractivity contribution in [1.29, 1.82) is 0 Å². The van der Waals surface area contributed by atoms with Gasteiger partial charge >= 0.3 is 5.97 Å². The highest BCUT2D eigenvalue weighted by atomic mass is 16.5. The molecule has 0 amide bonds. The number of rotatable bonds is 5. The predicted molar refractivity (Wildman–Crippen MR) is 118 cm³/mol. The second kappa shape index (κ2) is 8.64. The van der Waals surface area contributed by atoms with Crippen LogP contribution in [-0.2, 0) is 14.3 Å². The summed E-state index contributed by atoms with van der Waals surface area (Å²) in [5.41, 5.74) is 4.44. The second-order valence-corrected chi connectivity index (χ2v) is 7.91. The van der Waals surface area contributed by atoms with E-state index in [1.54, 1.807) is 24.3 Å². The number of allylic oxidation sites excluding steroid dienone is 3. The Kier molecular flexibility index (Phi) is 5.76. The third-order valence-corrected chi connectivity index (χ3v) is 5.88. The number of phenolic OH excluding ortho intramolecular Hbond substituents is 1. The number of ketones is 1. The molecule has 1 heterocycles. The molecule has 2 atom stereocenters. The molecule has 158 valence electrons. The van der Waals surface area contributed by atoms with Gasteiger partial charge in [0.15, 0.2) is 5.78 Å². The van der Waals surface area contributed by atoms with Gasteiger partial charge in [-0.25, -0.2) is 4.79 Å². The summed E-state index contributed by atoms with van der Waals surface area (Å²) < 4.78 is 5.34. The number of dihydropyridines is 1. The zero-order valence-electron chi connectivity index (χ0n) is 17.4. The first kappa shape index (κ1) is 20.7. The lowest BCUT2D eigenvalue weighted by atomic mass is 9.72. The van der Waals surface area contributed by atoms with Crippen molar-refractivity contribution in [3.8, 4) is 5.75 Å². The number of esters is 1. The molecule has 31 heavy (non-hydrogen) atoms. The third-order valence-electron chi connectivity index (χ3n) is 5.88. The summed E-state index contributed by atoms with van der Waals surface area (Å²) in [4.78, 5) is 26.3. The van der Waals surface area contributed by atoms with Gasteiger partial charge in [0, 0.05) is 29.3 Å². The quantitative estimate of drug-likeness (QED) is 0.556. The monoisotopic (exact) mass is 415 g/mol. The van der Waals surface area contributed by atoms with Gasteiger partial charge in [0.2, 0.25) is 0 Å². The third kappa shape index (κ3) is 4.04. The predicted octanol–water partition coefficient (Wildman–Crippen LogP) is 4.48. The lowest BCUT2D eigenvalue weighted by Crippen LogP contribution is -2.36. The van der Waals surface area contributed by atoms with Gasteiger partial charge in [0.1, 0.15) is 12.4 Å². The van der Waals surface area contributed by atoms with Gasteiger partial charge in [0.05, 0.1) is 5.57 Å². The van der Waals surface area contributed by atoms with E-state index in [4.69, 9.17) is 4.74 Å². The van der Waals surface area contributed by atoms with E-state index < -0.39 is 11.9 Å². The number of carbonyl (C=O) groups is 2. The summed E-state index contributed by atoms with van der Waals surface area (Å²) in [6.45, 7) is 5.52. The molecule has 5 nitrogen and oxygen atoms in total. The van der Waals surface area contributed by atoms with Crippen molar-refractivity contribution in [2.45, 2.75) is 31.6 Å². The van der Waals surface area contributed by atoms with Gasteiger partial charge in [-0.2, -0.15) is 0 Å². The molecule has 2 N–H and O–H groups in total. The zero-order valence-corrected chi connectivity index (χ0v) is 17.4. The number of aromatic hydroxyl groups is 1. The number of benzene rings is 2. The Hall–Kier alpha value is -3.60. The Morgan fingerprint density at radius 1 is 1.13 bits per heavy atom. The molecule has 1 aliphatic heterocycles. The summed E-state index contributed by atoms with van der Waals surface area (Å²) in [5.74, 6) is -0.793. The molecule has 1 aliphatic carbocycles. The molecule has 0 aromatic heterocycles. The number of hydrogen-bond donors (Lipinski definition) is 2. The zero-order chi connectivity index (χ0) is 22.0. The SMILES string of the molecule is C=CCOC(=O)C1=C(C)NC2=C(C(=O)CC(c3ccccc3)C2)C1c1ccc(O)cc1. The van der Waals surface area contributed by atoms with E-state index in [2.05, 4.69) is 11.9 Å². The Morgan fingerprint density at radius 2 is 1.84 bits per heavy atom. The average molecular weight is 415 g/mol. The maximum atomic E-state index is 13.4. The topological polar surface area (TPSA) is 75.6 Å². The minimum absolute atomic E-state index is 0.0159. The fraction of sp³-hybridized carbons (Fsp3) is 0.231. The van der Waals surface area contributed by atoms with Crippen molar-refractivity contribution in [1.82, 2.24) is 5.32 Å². The maximum Gasteiger partial charge on any atom is 0.337 e. The van der Waals surface area contributed by atoms with Gasteiger partial charge in [-0.3, -0.25) is 4.79 Å². The fourth-order valence-electron chi connectivity index (χ4n) is 4.48. The van der Waals surface area contributed by atoms with Gasteiger partial charge in [-0.15, -0.1) is 0 Å². The average Bonchev–Trinajstić information content (AvgIpc) is 2.77. The van der Waals surface area contributed by atoms with Crippen LogP contribution in [0.5, 0.6) is 5.75 Å². The van der Waals surface area contributed by atoms with Crippen molar-refractivity contribution >= 4 is 11.8 Å². The highest BCUT2D eigenvalue weighted by Crippen LogP contribution is 2.45. The smallest absolute Gasteiger partial charge is 0.337 e. The Bertz CT molecular complexity index is 1080. The van der Waals surface area contributed by atoms with E-state index in [-0.39, 0.29) is 24.1 Å². The Balaban J connectivity index is 1.78. The normalized spacial score (nSPS) is 20.7. The molecule has 0 fully saturated rings. The molecular formula is C26H25NO4. The van der Waals surface area contributed by atoms with Crippen molar-refractivity contribution in [2.24, 2.45) is 0 Å². The highest BCUT2D eigenvalue weighted by molar-refractivity contribution is 6.04. The van der Waals surface area contributed by atoms with E-state index in [9.17, 15) is 14.7 Å². The first-order valence-corrected chi connectivity index (χ1v) is 10.4. The van der Waals surface area contributed by atoms with Crippen LogP contribution in [0.3, 0.4) is 0 Å². The van der Waals surface area contributed by atoms with Crippen molar-refractivity contribution in [2.75, 3.05) is 6.61 Å². The van der Waals surface area contributed by atoms with Crippen LogP contribution >= 0.6 is 0 Å². The molecule has 4 rings (SSSR count). The molecule has 2 aliphatic rings. The van der Waals surface area contributed by atoms with Crippen LogP contribution in [0.25, 0.3) is 0 Å². The van der Waals surface area contributed by atoms with E-state index in [1.807, 2.05) is 37.3 Å². The lowest BCUT2D eigenvalue weighted by molar-refractivity contribution is -0.138. The first-order chi connectivity index (χ1) is 15.0. The van der Waals surface area contributed by atoms with Crippen LogP contribution < -0.4 is 5.32 Å². The Labute approximate surface area is 181 Å². The number of hydrogen-bond acceptors (Lipinski definition) is 5. The summed E-state index contributed by atoms with van der Waals surface area (Å²) >= 11 is 0. The number of Topliss-reactive ketones (excluding diaryl/α,β-unsaturated/α-hetero) is 1. The van der Waals surface area contributed by atoms with Crippen LogP contribution in [-0.4, -0.2) is 23.5 Å². The van der Waals surface area contributed by atoms with E-state index in [1.165, 1.54) is 6.08 Å². The highest BCUT2D eigenvalue weighted by Gasteiger charge is 2.41. The van der Waals surface area contributed by atoms with Crippen LogP contribution in [0.1, 0.15) is 42.7 Å². The molecule has 2 aromatic carbocycles. The number of nitrogens with one attached hydrogen (secondary N) is 1. The van der Waals surface area contributed by atoms with Gasteiger partial charge < -0.3 is 15.2 Å². The molecule has 5 heteroatoms. The summed E-state index contributed by atoms with van der Waals surface area (Å²) in [7, 11) is 0. The summed E-state index contributed by atoms with van der Waals surface area (Å²) in [5, 5.41) is 13.1. The second-order valence-electron chi connectivity index (χ2n) is 7.91. The number of ether oxygens (including phenoxy) is 1. The summed E-state index contributed by atoms with van der Waals surface area (Å²) in [6.07, 6.45) is 2.58. The van der Waals surface area contributed by atoms with Crippen LogP contribution in [0, 0.1) is 0 Å². The molecule has 0 radical (unpaired) electrons. The van der Waals surface area contributed by atoms with Crippen LogP contribution in [0.2, 0.25) is 0 Å². The fourth-order valence-corrected chi connectivity index (χ4v) is 4.48.